The van der Waals surface area contributed by atoms with Crippen LogP contribution in [0.25, 0.3) is 5.82 Å². The highest BCUT2D eigenvalue weighted by Gasteiger charge is 2.23. The Morgan fingerprint density at radius 1 is 1.29 bits per heavy atom. The molecule has 0 aliphatic carbocycles. The fourth-order valence-electron chi connectivity index (χ4n) is 2.20. The number of morpholine rings is 1. The smallest absolute Gasteiger partial charge is 0.178 e. The molecule has 3 heterocycles. The lowest BCUT2D eigenvalue weighted by atomic mass is 10.3. The molecule has 0 saturated carbocycles. The highest BCUT2D eigenvalue weighted by atomic mass is 16.5. The highest BCUT2D eigenvalue weighted by Crippen LogP contribution is 2.26. The van der Waals surface area contributed by atoms with Crippen LogP contribution in [0, 0.1) is 18.3 Å². The lowest BCUT2D eigenvalue weighted by molar-refractivity contribution is 0.122. The van der Waals surface area contributed by atoms with Crippen LogP contribution in [0.3, 0.4) is 0 Å². The summed E-state index contributed by atoms with van der Waals surface area (Å²) in [5, 5.41) is 21.9. The van der Waals surface area contributed by atoms with Crippen molar-refractivity contribution in [2.75, 3.05) is 36.9 Å². The van der Waals surface area contributed by atoms with Crippen LogP contribution >= 0.6 is 0 Å². The average Bonchev–Trinajstić information content (AvgIpc) is 2.86. The van der Waals surface area contributed by atoms with E-state index in [1.54, 1.807) is 6.07 Å². The van der Waals surface area contributed by atoms with Crippen molar-refractivity contribution in [3.05, 3.63) is 23.4 Å². The highest BCUT2D eigenvalue weighted by molar-refractivity contribution is 5.66. The lowest BCUT2D eigenvalue weighted by Gasteiger charge is -2.26. The van der Waals surface area contributed by atoms with Crippen molar-refractivity contribution >= 4 is 11.6 Å². The van der Waals surface area contributed by atoms with Gasteiger partial charge in [0.25, 0.3) is 0 Å². The maximum Gasteiger partial charge on any atom is 0.178 e. The fourth-order valence-corrected chi connectivity index (χ4v) is 2.20. The molecule has 1 aliphatic rings. The van der Waals surface area contributed by atoms with Gasteiger partial charge in [0.15, 0.2) is 11.6 Å². The van der Waals surface area contributed by atoms with Crippen LogP contribution in [0.2, 0.25) is 0 Å². The molecule has 3 rings (SSSR count). The van der Waals surface area contributed by atoms with Crippen molar-refractivity contribution in [1.82, 2.24) is 20.0 Å². The predicted molar refractivity (Wildman–Crippen MR) is 76.1 cm³/mol. The number of nitrogens with two attached hydrogens (primary N) is 1. The average molecular weight is 285 g/mol. The van der Waals surface area contributed by atoms with E-state index in [0.29, 0.717) is 43.5 Å². The van der Waals surface area contributed by atoms with Gasteiger partial charge in [-0.1, -0.05) is 0 Å². The van der Waals surface area contributed by atoms with Gasteiger partial charge in [0, 0.05) is 13.1 Å². The quantitative estimate of drug-likeness (QED) is 0.843. The number of hydrogen-bond donors (Lipinski definition) is 1. The molecule has 0 spiro atoms. The Hall–Kier alpha value is -2.66. The SMILES string of the molecule is Cc1ccc(-n2nc(N3CCOCC3)c(C#N)c2N)nn1. The van der Waals surface area contributed by atoms with E-state index in [4.69, 9.17) is 10.5 Å². The molecular formula is C13H15N7O. The summed E-state index contributed by atoms with van der Waals surface area (Å²) in [5.74, 6) is 1.34. The monoisotopic (exact) mass is 285 g/mol. The standard InChI is InChI=1S/C13H15N7O/c1-9-2-3-11(17-16-9)20-12(15)10(8-14)13(18-20)19-4-6-21-7-5-19/h2-3H,4-7,15H2,1H3. The first-order valence-corrected chi connectivity index (χ1v) is 6.62. The number of aryl methyl sites for hydroxylation is 1. The number of hydrogen-bond acceptors (Lipinski definition) is 7. The van der Waals surface area contributed by atoms with Crippen LogP contribution in [0.5, 0.6) is 0 Å². The van der Waals surface area contributed by atoms with Gasteiger partial charge in [-0.2, -0.15) is 15.0 Å². The largest absolute Gasteiger partial charge is 0.382 e. The van der Waals surface area contributed by atoms with Crippen LogP contribution in [-0.4, -0.2) is 46.3 Å². The Kier molecular flexibility index (Phi) is 3.41. The molecule has 1 fully saturated rings. The Bertz CT molecular complexity index is 680. The summed E-state index contributed by atoms with van der Waals surface area (Å²) in [7, 11) is 0. The summed E-state index contributed by atoms with van der Waals surface area (Å²) in [5.41, 5.74) is 7.21. The van der Waals surface area contributed by atoms with Crippen molar-refractivity contribution in [3.63, 3.8) is 0 Å². The summed E-state index contributed by atoms with van der Waals surface area (Å²) in [4.78, 5) is 2.00. The second kappa shape index (κ2) is 5.38. The van der Waals surface area contributed by atoms with Crippen LogP contribution < -0.4 is 10.6 Å². The third-order valence-electron chi connectivity index (χ3n) is 3.33. The zero-order valence-electron chi connectivity index (χ0n) is 11.7. The molecule has 21 heavy (non-hydrogen) atoms. The van der Waals surface area contributed by atoms with Crippen LogP contribution in [0.1, 0.15) is 11.3 Å². The molecular weight excluding hydrogens is 270 g/mol. The van der Waals surface area contributed by atoms with Gasteiger partial charge in [0.1, 0.15) is 17.5 Å². The number of nitriles is 1. The Labute approximate surface area is 121 Å². The van der Waals surface area contributed by atoms with Crippen molar-refractivity contribution in [1.29, 1.82) is 5.26 Å². The first kappa shape index (κ1) is 13.3. The van der Waals surface area contributed by atoms with E-state index in [-0.39, 0.29) is 5.82 Å². The summed E-state index contributed by atoms with van der Waals surface area (Å²) in [6.07, 6.45) is 0. The minimum Gasteiger partial charge on any atom is -0.382 e. The van der Waals surface area contributed by atoms with Crippen molar-refractivity contribution in [2.45, 2.75) is 6.92 Å². The molecule has 2 aromatic heterocycles. The van der Waals surface area contributed by atoms with E-state index in [0.717, 1.165) is 5.69 Å². The minimum absolute atomic E-state index is 0.275. The Balaban J connectivity index is 2.04. The van der Waals surface area contributed by atoms with Gasteiger partial charge in [-0.3, -0.25) is 0 Å². The molecule has 0 bridgehead atoms. The summed E-state index contributed by atoms with van der Waals surface area (Å²) in [6.45, 7) is 4.45. The van der Waals surface area contributed by atoms with Crippen molar-refractivity contribution < 1.29 is 4.74 Å². The third-order valence-corrected chi connectivity index (χ3v) is 3.33. The molecule has 0 amide bonds. The number of ether oxygens (including phenoxy) is 1. The number of nitrogen functional groups attached to an aromatic ring is 1. The van der Waals surface area contributed by atoms with Gasteiger partial charge in [0.05, 0.1) is 18.9 Å². The second-order valence-electron chi connectivity index (χ2n) is 4.74. The molecule has 8 nitrogen and oxygen atoms in total. The van der Waals surface area contributed by atoms with Gasteiger partial charge in [0.2, 0.25) is 0 Å². The Morgan fingerprint density at radius 2 is 2.05 bits per heavy atom. The number of aromatic nitrogens is 4. The molecule has 1 aliphatic heterocycles. The van der Waals surface area contributed by atoms with Crippen molar-refractivity contribution in [2.24, 2.45) is 0 Å². The molecule has 0 aromatic carbocycles. The molecule has 108 valence electrons. The maximum absolute atomic E-state index is 9.36. The number of anilines is 2. The van der Waals surface area contributed by atoms with Crippen LogP contribution in [0.15, 0.2) is 12.1 Å². The van der Waals surface area contributed by atoms with Gasteiger partial charge >= 0.3 is 0 Å². The summed E-state index contributed by atoms with van der Waals surface area (Å²) >= 11 is 0. The van der Waals surface area contributed by atoms with E-state index in [1.165, 1.54) is 4.68 Å². The van der Waals surface area contributed by atoms with E-state index < -0.39 is 0 Å². The first-order chi connectivity index (χ1) is 10.2. The zero-order valence-corrected chi connectivity index (χ0v) is 11.7. The molecule has 0 unspecified atom stereocenters. The van der Waals surface area contributed by atoms with Crippen molar-refractivity contribution in [3.8, 4) is 11.9 Å². The molecule has 2 aromatic rings. The molecule has 1 saturated heterocycles. The van der Waals surface area contributed by atoms with Gasteiger partial charge in [-0.05, 0) is 19.1 Å². The number of rotatable bonds is 2. The third kappa shape index (κ3) is 2.39. The lowest BCUT2D eigenvalue weighted by Crippen LogP contribution is -2.37. The Morgan fingerprint density at radius 3 is 2.67 bits per heavy atom. The molecule has 0 radical (unpaired) electrons. The predicted octanol–water partition coefficient (Wildman–Crippen LogP) is 0.261. The molecule has 0 atom stereocenters. The fraction of sp³-hybridized carbons (Fsp3) is 0.385. The van der Waals surface area contributed by atoms with E-state index >= 15 is 0 Å². The van der Waals surface area contributed by atoms with Crippen LogP contribution in [0.4, 0.5) is 11.6 Å². The van der Waals surface area contributed by atoms with Gasteiger partial charge in [-0.25, -0.2) is 0 Å². The minimum atomic E-state index is 0.275. The normalized spacial score (nSPS) is 15.0. The molecule has 2 N–H and O–H groups in total. The van der Waals surface area contributed by atoms with E-state index in [1.807, 2.05) is 17.9 Å². The maximum atomic E-state index is 9.36. The summed E-state index contributed by atoms with van der Waals surface area (Å²) < 4.78 is 6.77. The first-order valence-electron chi connectivity index (χ1n) is 6.62. The van der Waals surface area contributed by atoms with E-state index in [2.05, 4.69) is 21.4 Å². The molecule has 8 heteroatoms. The number of nitrogens with zero attached hydrogens (tertiary/aromatic N) is 6. The van der Waals surface area contributed by atoms with Gasteiger partial charge < -0.3 is 15.4 Å². The van der Waals surface area contributed by atoms with Gasteiger partial charge in [-0.15, -0.1) is 10.2 Å². The second-order valence-corrected chi connectivity index (χ2v) is 4.74. The van der Waals surface area contributed by atoms with E-state index in [9.17, 15) is 5.26 Å². The topological polar surface area (TPSA) is 106 Å². The summed E-state index contributed by atoms with van der Waals surface area (Å²) in [6, 6.07) is 5.72. The zero-order chi connectivity index (χ0) is 14.8. The van der Waals surface area contributed by atoms with Crippen LogP contribution in [-0.2, 0) is 4.74 Å².